The monoisotopic (exact) mass is 289 g/mol. The molecule has 1 N–H and O–H groups in total. The van der Waals surface area contributed by atoms with Crippen molar-refractivity contribution in [1.29, 1.82) is 0 Å². The van der Waals surface area contributed by atoms with Crippen molar-refractivity contribution in [2.75, 3.05) is 6.54 Å². The highest BCUT2D eigenvalue weighted by Gasteiger charge is 2.18. The summed E-state index contributed by atoms with van der Waals surface area (Å²) in [4.78, 5) is 0. The molecule has 0 aromatic carbocycles. The lowest BCUT2D eigenvalue weighted by atomic mass is 10.0. The van der Waals surface area contributed by atoms with Gasteiger partial charge in [0.15, 0.2) is 0 Å². The van der Waals surface area contributed by atoms with Gasteiger partial charge in [0.25, 0.3) is 0 Å². The third-order valence-corrected chi connectivity index (χ3v) is 3.72. The Morgan fingerprint density at radius 2 is 2.10 bits per heavy atom. The summed E-state index contributed by atoms with van der Waals surface area (Å²) in [5, 5.41) is 8.29. The van der Waals surface area contributed by atoms with Gasteiger partial charge < -0.3 is 9.73 Å². The van der Waals surface area contributed by atoms with Crippen molar-refractivity contribution in [3.8, 4) is 0 Å². The van der Waals surface area contributed by atoms with Crippen LogP contribution in [0.15, 0.2) is 29.0 Å². The Morgan fingerprint density at radius 1 is 1.29 bits per heavy atom. The van der Waals surface area contributed by atoms with Gasteiger partial charge >= 0.3 is 0 Å². The molecule has 116 valence electrons. The molecule has 0 saturated heterocycles. The van der Waals surface area contributed by atoms with E-state index in [4.69, 9.17) is 4.42 Å². The fraction of sp³-hybridized carbons (Fsp3) is 0.588. The Kier molecular flexibility index (Phi) is 5.62. The lowest BCUT2D eigenvalue weighted by Crippen LogP contribution is -2.24. The summed E-state index contributed by atoms with van der Waals surface area (Å²) in [6.07, 6.45) is 6.80. The maximum Gasteiger partial charge on any atom is 0.108 e. The number of nitrogens with zero attached hydrogens (tertiary/aromatic N) is 2. The van der Waals surface area contributed by atoms with Crippen LogP contribution in [0.5, 0.6) is 0 Å². The van der Waals surface area contributed by atoms with Crippen LogP contribution in [0.1, 0.15) is 63.2 Å². The molecule has 2 rings (SSSR count). The second kappa shape index (κ2) is 7.46. The van der Waals surface area contributed by atoms with E-state index in [1.54, 1.807) is 6.26 Å². The molecule has 0 fully saturated rings. The van der Waals surface area contributed by atoms with Gasteiger partial charge in [-0.15, -0.1) is 0 Å². The summed E-state index contributed by atoms with van der Waals surface area (Å²) < 4.78 is 7.61. The van der Waals surface area contributed by atoms with Crippen LogP contribution in [-0.2, 0) is 12.8 Å². The molecule has 0 spiro atoms. The van der Waals surface area contributed by atoms with E-state index >= 15 is 0 Å². The lowest BCUT2D eigenvalue weighted by Gasteiger charge is -2.17. The highest BCUT2D eigenvalue weighted by atomic mass is 16.3. The highest BCUT2D eigenvalue weighted by molar-refractivity contribution is 5.23. The molecule has 0 aliphatic heterocycles. The quantitative estimate of drug-likeness (QED) is 0.801. The number of hydrogen-bond acceptors (Lipinski definition) is 3. The molecule has 1 unspecified atom stereocenters. The van der Waals surface area contributed by atoms with Crippen LogP contribution in [0.2, 0.25) is 0 Å². The maximum absolute atomic E-state index is 5.59. The molecule has 4 nitrogen and oxygen atoms in total. The number of furan rings is 1. The van der Waals surface area contributed by atoms with E-state index in [9.17, 15) is 0 Å². The minimum absolute atomic E-state index is 0.272. The van der Waals surface area contributed by atoms with Crippen LogP contribution in [0.25, 0.3) is 0 Å². The van der Waals surface area contributed by atoms with Gasteiger partial charge in [0.05, 0.1) is 12.0 Å². The average Bonchev–Trinajstić information content (AvgIpc) is 3.11. The van der Waals surface area contributed by atoms with Crippen LogP contribution in [0.4, 0.5) is 0 Å². The Hall–Kier alpha value is -1.55. The zero-order valence-corrected chi connectivity index (χ0v) is 13.6. The molecule has 1 atom stereocenters. The number of aromatic nitrogens is 2. The zero-order chi connectivity index (χ0) is 15.2. The number of hydrogen-bond donors (Lipinski definition) is 1. The summed E-state index contributed by atoms with van der Waals surface area (Å²) in [7, 11) is 0. The molecular formula is C17H27N3O. The Labute approximate surface area is 127 Å². The standard InChI is InChI=1S/C17H27N3O/c1-5-9-18-16(15-8-11-21-17(15)6-2)12-14-7-10-20(19-14)13(3)4/h7-8,10-11,13,16,18H,5-6,9,12H2,1-4H3. The first kappa shape index (κ1) is 15.8. The van der Waals surface area contributed by atoms with Crippen LogP contribution >= 0.6 is 0 Å². The first-order chi connectivity index (χ1) is 10.2. The Balaban J connectivity index is 2.15. The van der Waals surface area contributed by atoms with Crippen molar-refractivity contribution in [3.05, 3.63) is 41.6 Å². The smallest absolute Gasteiger partial charge is 0.108 e. The normalized spacial score (nSPS) is 13.0. The van der Waals surface area contributed by atoms with Crippen LogP contribution in [0, 0.1) is 0 Å². The second-order valence-electron chi connectivity index (χ2n) is 5.74. The van der Waals surface area contributed by atoms with E-state index in [1.807, 2.05) is 4.68 Å². The third-order valence-electron chi connectivity index (χ3n) is 3.72. The van der Waals surface area contributed by atoms with E-state index in [1.165, 1.54) is 5.56 Å². The third kappa shape index (κ3) is 3.97. The fourth-order valence-electron chi connectivity index (χ4n) is 2.54. The van der Waals surface area contributed by atoms with Crippen LogP contribution in [0.3, 0.4) is 0 Å². The van der Waals surface area contributed by atoms with E-state index < -0.39 is 0 Å². The molecule has 0 radical (unpaired) electrons. The van der Waals surface area contributed by atoms with Crippen molar-refractivity contribution < 1.29 is 4.42 Å². The zero-order valence-electron chi connectivity index (χ0n) is 13.6. The fourth-order valence-corrected chi connectivity index (χ4v) is 2.54. The van der Waals surface area contributed by atoms with Crippen molar-refractivity contribution in [1.82, 2.24) is 15.1 Å². The van der Waals surface area contributed by atoms with Gasteiger partial charge in [0, 0.05) is 36.7 Å². The molecular weight excluding hydrogens is 262 g/mol. The summed E-state index contributed by atoms with van der Waals surface area (Å²) in [6.45, 7) is 9.62. The summed E-state index contributed by atoms with van der Waals surface area (Å²) in [6, 6.07) is 4.88. The minimum atomic E-state index is 0.272. The summed E-state index contributed by atoms with van der Waals surface area (Å²) in [5.41, 5.74) is 2.39. The molecule has 2 aromatic heterocycles. The number of rotatable bonds is 8. The molecule has 0 aliphatic carbocycles. The van der Waals surface area contributed by atoms with Gasteiger partial charge in [-0.2, -0.15) is 5.10 Å². The van der Waals surface area contributed by atoms with Gasteiger partial charge in [0.2, 0.25) is 0 Å². The van der Waals surface area contributed by atoms with E-state index in [0.29, 0.717) is 6.04 Å². The maximum atomic E-state index is 5.59. The summed E-state index contributed by atoms with van der Waals surface area (Å²) in [5.74, 6) is 1.08. The first-order valence-corrected chi connectivity index (χ1v) is 7.99. The van der Waals surface area contributed by atoms with Gasteiger partial charge in [-0.3, -0.25) is 4.68 Å². The predicted octanol–water partition coefficient (Wildman–Crippen LogP) is 3.90. The molecule has 2 heterocycles. The van der Waals surface area contributed by atoms with Gasteiger partial charge in [-0.1, -0.05) is 13.8 Å². The van der Waals surface area contributed by atoms with Crippen molar-refractivity contribution in [3.63, 3.8) is 0 Å². The molecule has 0 saturated carbocycles. The first-order valence-electron chi connectivity index (χ1n) is 7.99. The SMILES string of the molecule is CCCNC(Cc1ccn(C(C)C)n1)c1ccoc1CC. The van der Waals surface area contributed by atoms with Crippen molar-refractivity contribution >= 4 is 0 Å². The number of nitrogens with one attached hydrogen (secondary N) is 1. The lowest BCUT2D eigenvalue weighted by molar-refractivity contribution is 0.474. The predicted molar refractivity (Wildman–Crippen MR) is 85.4 cm³/mol. The average molecular weight is 289 g/mol. The Morgan fingerprint density at radius 3 is 2.71 bits per heavy atom. The largest absolute Gasteiger partial charge is 0.469 e. The molecule has 4 heteroatoms. The van der Waals surface area contributed by atoms with Gasteiger partial charge in [-0.05, 0) is 38.9 Å². The van der Waals surface area contributed by atoms with E-state index in [2.05, 4.69) is 56.4 Å². The van der Waals surface area contributed by atoms with Gasteiger partial charge in [-0.25, -0.2) is 0 Å². The molecule has 21 heavy (non-hydrogen) atoms. The molecule has 0 amide bonds. The van der Waals surface area contributed by atoms with Crippen molar-refractivity contribution in [2.45, 2.75) is 59.0 Å². The summed E-state index contributed by atoms with van der Waals surface area (Å²) >= 11 is 0. The molecule has 0 bridgehead atoms. The minimum Gasteiger partial charge on any atom is -0.469 e. The van der Waals surface area contributed by atoms with Gasteiger partial charge in [0.1, 0.15) is 5.76 Å². The molecule has 2 aromatic rings. The Bertz CT molecular complexity index is 542. The second-order valence-corrected chi connectivity index (χ2v) is 5.74. The topological polar surface area (TPSA) is 43.0 Å². The van der Waals surface area contributed by atoms with Crippen molar-refractivity contribution in [2.24, 2.45) is 0 Å². The van der Waals surface area contributed by atoms with E-state index in [-0.39, 0.29) is 6.04 Å². The van der Waals surface area contributed by atoms with Crippen LogP contribution < -0.4 is 5.32 Å². The van der Waals surface area contributed by atoms with Crippen LogP contribution in [-0.4, -0.2) is 16.3 Å². The molecule has 0 aliphatic rings. The number of aryl methyl sites for hydroxylation is 1. The van der Waals surface area contributed by atoms with E-state index in [0.717, 1.165) is 37.3 Å². The highest BCUT2D eigenvalue weighted by Crippen LogP contribution is 2.23.